The number of rotatable bonds is 5. The van der Waals surface area contributed by atoms with Gasteiger partial charge in [0.05, 0.1) is 17.0 Å². The summed E-state index contributed by atoms with van der Waals surface area (Å²) >= 11 is 0. The molecule has 0 unspecified atom stereocenters. The Morgan fingerprint density at radius 2 is 1.26 bits per heavy atom. The molecule has 3 heterocycles. The van der Waals surface area contributed by atoms with Crippen molar-refractivity contribution in [3.8, 4) is 45.4 Å². The minimum absolute atomic E-state index is 0. The van der Waals surface area contributed by atoms with Gasteiger partial charge >= 0.3 is 21.1 Å². The molecule has 0 fully saturated rings. The third-order valence-electron chi connectivity index (χ3n) is 8.32. The van der Waals surface area contributed by atoms with Crippen LogP contribution in [0.15, 0.2) is 114 Å². The molecule has 0 radical (unpaired) electrons. The van der Waals surface area contributed by atoms with Gasteiger partial charge in [-0.2, -0.15) is 18.2 Å². The molecular weight excluding hydrogens is 760 g/mol. The summed E-state index contributed by atoms with van der Waals surface area (Å²) < 4.78 is 12.9. The van der Waals surface area contributed by atoms with Crippen molar-refractivity contribution in [3.63, 3.8) is 0 Å². The Bertz CT molecular complexity index is 2190. The maximum Gasteiger partial charge on any atom is 2.00 e. The minimum Gasteiger partial charge on any atom is -0.500 e. The quantitative estimate of drug-likeness (QED) is 0.163. The molecule has 47 heavy (non-hydrogen) atoms. The molecule has 3 aromatic heterocycles. The smallest absolute Gasteiger partial charge is 0.500 e. The van der Waals surface area contributed by atoms with Gasteiger partial charge in [-0.05, 0) is 45.3 Å². The van der Waals surface area contributed by atoms with E-state index in [1.807, 2.05) is 42.5 Å². The molecule has 5 heteroatoms. The second-order valence-corrected chi connectivity index (χ2v) is 13.8. The van der Waals surface area contributed by atoms with E-state index < -0.39 is 0 Å². The first kappa shape index (κ1) is 32.4. The number of nitrogens with zero attached hydrogens (tertiary/aromatic N) is 2. The molecule has 0 aliphatic carbocycles. The van der Waals surface area contributed by atoms with Crippen LogP contribution in [0.4, 0.5) is 0 Å². The molecule has 0 aliphatic heterocycles. The molecule has 7 aromatic rings. The van der Waals surface area contributed by atoms with Crippen LogP contribution in [0.1, 0.15) is 52.7 Å². The van der Waals surface area contributed by atoms with E-state index >= 15 is 0 Å². The number of aromatic nitrogens is 2. The minimum atomic E-state index is -0.144. The fourth-order valence-electron chi connectivity index (χ4n) is 5.70. The van der Waals surface area contributed by atoms with E-state index in [0.29, 0.717) is 11.6 Å². The molecule has 0 saturated heterocycles. The number of para-hydroxylation sites is 2. The maximum atomic E-state index is 6.73. The number of hydrogen-bond acceptors (Lipinski definition) is 4. The molecule has 0 saturated carbocycles. The van der Waals surface area contributed by atoms with Gasteiger partial charge in [-0.1, -0.05) is 107 Å². The molecule has 0 bridgehead atoms. The third kappa shape index (κ3) is 6.53. The second-order valence-electron chi connectivity index (χ2n) is 13.8. The van der Waals surface area contributed by atoms with Crippen LogP contribution in [-0.4, -0.2) is 9.97 Å². The first-order chi connectivity index (χ1) is 22.0. The van der Waals surface area contributed by atoms with E-state index in [1.54, 1.807) is 0 Å². The van der Waals surface area contributed by atoms with E-state index in [4.69, 9.17) is 19.1 Å². The number of hydrogen-bond donors (Lipinski definition) is 0. The Kier molecular flexibility index (Phi) is 8.68. The predicted molar refractivity (Wildman–Crippen MR) is 187 cm³/mol. The first-order valence-corrected chi connectivity index (χ1v) is 15.7. The fraction of sp³-hybridized carbons (Fsp3) is 0.190. The van der Waals surface area contributed by atoms with Crippen molar-refractivity contribution in [1.82, 2.24) is 9.97 Å². The van der Waals surface area contributed by atoms with E-state index in [2.05, 4.69) is 120 Å². The van der Waals surface area contributed by atoms with Crippen LogP contribution in [0.25, 0.3) is 55.7 Å². The maximum absolute atomic E-state index is 6.73. The van der Waals surface area contributed by atoms with Crippen LogP contribution in [-0.2, 0) is 31.9 Å². The fourth-order valence-corrected chi connectivity index (χ4v) is 5.70. The summed E-state index contributed by atoms with van der Waals surface area (Å²) in [5.41, 5.74) is 8.88. The van der Waals surface area contributed by atoms with E-state index in [1.165, 1.54) is 0 Å². The molecular formula is C42H36N2O2Pt. The zero-order chi connectivity index (χ0) is 32.1. The predicted octanol–water partition coefficient (Wildman–Crippen LogP) is 11.4. The summed E-state index contributed by atoms with van der Waals surface area (Å²) in [5, 5.41) is 2.10. The number of furan rings is 1. The molecule has 4 nitrogen and oxygen atoms in total. The Morgan fingerprint density at radius 3 is 1.96 bits per heavy atom. The van der Waals surface area contributed by atoms with Gasteiger partial charge in [-0.15, -0.1) is 30.3 Å². The van der Waals surface area contributed by atoms with Gasteiger partial charge in [0, 0.05) is 22.8 Å². The number of fused-ring (bicyclic) bond motifs is 3. The summed E-state index contributed by atoms with van der Waals surface area (Å²) in [6, 6.07) is 43.3. The van der Waals surface area contributed by atoms with Gasteiger partial charge in [-0.3, -0.25) is 4.98 Å². The summed E-state index contributed by atoms with van der Waals surface area (Å²) in [4.78, 5) is 10.2. The van der Waals surface area contributed by atoms with E-state index in [-0.39, 0.29) is 31.9 Å². The van der Waals surface area contributed by atoms with Crippen LogP contribution in [0.2, 0.25) is 0 Å². The largest absolute Gasteiger partial charge is 2.00 e. The summed E-state index contributed by atoms with van der Waals surface area (Å²) in [7, 11) is 0. The van der Waals surface area contributed by atoms with Gasteiger partial charge in [0.1, 0.15) is 5.58 Å². The topological polar surface area (TPSA) is 48.2 Å². The zero-order valence-electron chi connectivity index (χ0n) is 27.4. The molecule has 7 rings (SSSR count). The number of pyridine rings is 2. The summed E-state index contributed by atoms with van der Waals surface area (Å²) in [6.45, 7) is 13.2. The van der Waals surface area contributed by atoms with Crippen LogP contribution in [0, 0.1) is 12.1 Å². The van der Waals surface area contributed by atoms with Gasteiger partial charge in [0.25, 0.3) is 0 Å². The number of ether oxygens (including phenoxy) is 1. The van der Waals surface area contributed by atoms with Crippen molar-refractivity contribution in [2.75, 3.05) is 0 Å². The van der Waals surface area contributed by atoms with E-state index in [9.17, 15) is 0 Å². The Labute approximate surface area is 291 Å². The van der Waals surface area contributed by atoms with Crippen molar-refractivity contribution in [2.24, 2.45) is 0 Å². The molecule has 0 N–H and O–H groups in total. The Morgan fingerprint density at radius 1 is 0.596 bits per heavy atom. The first-order valence-electron chi connectivity index (χ1n) is 15.7. The van der Waals surface area contributed by atoms with Crippen LogP contribution < -0.4 is 4.74 Å². The van der Waals surface area contributed by atoms with Crippen LogP contribution in [0.5, 0.6) is 11.6 Å². The van der Waals surface area contributed by atoms with E-state index in [0.717, 1.165) is 66.8 Å². The Hall–Kier alpha value is -4.53. The van der Waals surface area contributed by atoms with Crippen molar-refractivity contribution < 1.29 is 30.2 Å². The van der Waals surface area contributed by atoms with Crippen molar-refractivity contribution in [2.45, 2.75) is 52.4 Å². The van der Waals surface area contributed by atoms with Gasteiger partial charge in [-0.25, -0.2) is 4.98 Å². The molecule has 4 aromatic carbocycles. The summed E-state index contributed by atoms with van der Waals surface area (Å²) in [6.07, 6.45) is 0. The van der Waals surface area contributed by atoms with Crippen molar-refractivity contribution in [3.05, 3.63) is 132 Å². The molecule has 0 amide bonds. The SMILES string of the molecule is CC(C)(C)c1cc(Oc2[c-]cccc2)nc(-c2cc(C(C)(C)C)cc(-c3[c-]ccc4c3oc3c(-c5ccccc5)cccc34)n2)c1.[Pt+2]. The van der Waals surface area contributed by atoms with Gasteiger partial charge in [0.2, 0.25) is 5.88 Å². The molecule has 0 aliphatic rings. The standard InChI is InChI=1S/C42H36N2O2.Pt/c1-41(2,3)28-23-35(34-22-14-21-33-32-20-13-19-31(39(32)46-40(33)34)27-15-9-7-10-16-27)43-36(24-28)37-25-29(42(4,5)6)26-38(44-37)45-30-17-11-8-12-18-30;/h7-17,19-21,23-26H,1-6H3;/q-2;+2. The second kappa shape index (κ2) is 12.6. The average Bonchev–Trinajstić information content (AvgIpc) is 3.44. The van der Waals surface area contributed by atoms with Crippen molar-refractivity contribution in [1.29, 1.82) is 0 Å². The zero-order valence-corrected chi connectivity index (χ0v) is 29.7. The molecule has 0 atom stereocenters. The van der Waals surface area contributed by atoms with Crippen molar-refractivity contribution >= 4 is 21.9 Å². The monoisotopic (exact) mass is 795 g/mol. The van der Waals surface area contributed by atoms with Crippen LogP contribution >= 0.6 is 0 Å². The molecule has 0 spiro atoms. The average molecular weight is 796 g/mol. The Balaban J connectivity index is 0.00000386. The molecule has 236 valence electrons. The van der Waals surface area contributed by atoms with Crippen LogP contribution in [0.3, 0.4) is 0 Å². The number of benzene rings is 4. The van der Waals surface area contributed by atoms with Gasteiger partial charge in [0.15, 0.2) is 0 Å². The normalized spacial score (nSPS) is 11.9. The third-order valence-corrected chi connectivity index (χ3v) is 8.32. The summed E-state index contributed by atoms with van der Waals surface area (Å²) in [5.74, 6) is 1.12. The van der Waals surface area contributed by atoms with Gasteiger partial charge < -0.3 is 9.15 Å².